The van der Waals surface area contributed by atoms with Gasteiger partial charge in [-0.15, -0.1) is 0 Å². The van der Waals surface area contributed by atoms with E-state index in [1.165, 1.54) is 11.3 Å². The summed E-state index contributed by atoms with van der Waals surface area (Å²) in [6.45, 7) is 5.89. The number of aryl methyl sites for hydroxylation is 2. The summed E-state index contributed by atoms with van der Waals surface area (Å²) in [7, 11) is 3.27. The first kappa shape index (κ1) is 23.6. The molecule has 1 N–H and O–H groups in total. The first-order chi connectivity index (χ1) is 17.4. The number of benzene rings is 3. The van der Waals surface area contributed by atoms with Crippen LogP contribution in [0.1, 0.15) is 23.6 Å². The van der Waals surface area contributed by atoms with Crippen LogP contribution >= 0.6 is 11.3 Å². The molecule has 0 saturated heterocycles. The number of thiazole rings is 1. The highest BCUT2D eigenvalue weighted by Crippen LogP contribution is 2.41. The number of carbonyl (C=O) groups excluding carboxylic acids is 1. The van der Waals surface area contributed by atoms with Crippen molar-refractivity contribution in [2.75, 3.05) is 19.5 Å². The van der Waals surface area contributed by atoms with Crippen molar-refractivity contribution in [2.24, 2.45) is 0 Å². The molecule has 0 bridgehead atoms. The third-order valence-electron chi connectivity index (χ3n) is 6.18. The predicted octanol–water partition coefficient (Wildman–Crippen LogP) is 7.39. The second kappa shape index (κ2) is 9.51. The molecule has 6 nitrogen and oxygen atoms in total. The van der Waals surface area contributed by atoms with Gasteiger partial charge >= 0.3 is 0 Å². The SMILES string of the molecule is COc1cccc(-c2coc3c(C)c(OC)c(/C(C)=C/C(=O)Nc4nc5ccc(C)cc5s4)cc23)c1. The molecule has 0 unspecified atom stereocenters. The highest BCUT2D eigenvalue weighted by molar-refractivity contribution is 7.22. The van der Waals surface area contributed by atoms with E-state index in [0.717, 1.165) is 60.3 Å². The maximum absolute atomic E-state index is 12.9. The Kier molecular flexibility index (Phi) is 6.24. The molecule has 0 spiro atoms. The number of anilines is 1. The molecular formula is C29H26N2O4S. The van der Waals surface area contributed by atoms with E-state index in [9.17, 15) is 4.79 Å². The van der Waals surface area contributed by atoms with Crippen molar-refractivity contribution in [3.8, 4) is 22.6 Å². The Morgan fingerprint density at radius 3 is 2.69 bits per heavy atom. The van der Waals surface area contributed by atoms with Gasteiger partial charge in [0, 0.05) is 28.2 Å². The molecule has 5 aromatic rings. The normalized spacial score (nSPS) is 11.8. The van der Waals surface area contributed by atoms with Crippen molar-refractivity contribution < 1.29 is 18.7 Å². The first-order valence-electron chi connectivity index (χ1n) is 11.5. The van der Waals surface area contributed by atoms with Gasteiger partial charge in [0.15, 0.2) is 5.13 Å². The van der Waals surface area contributed by atoms with E-state index >= 15 is 0 Å². The Bertz CT molecular complexity index is 1640. The van der Waals surface area contributed by atoms with Crippen molar-refractivity contribution in [3.63, 3.8) is 0 Å². The Labute approximate surface area is 213 Å². The molecule has 0 aliphatic rings. The average Bonchev–Trinajstić information content (AvgIpc) is 3.47. The van der Waals surface area contributed by atoms with Crippen LogP contribution in [0, 0.1) is 13.8 Å². The predicted molar refractivity (Wildman–Crippen MR) is 146 cm³/mol. The number of rotatable bonds is 6. The number of nitrogens with zero attached hydrogens (tertiary/aromatic N) is 1. The number of amides is 1. The number of carbonyl (C=O) groups is 1. The summed E-state index contributed by atoms with van der Waals surface area (Å²) >= 11 is 1.46. The van der Waals surface area contributed by atoms with Crippen LogP contribution in [0.25, 0.3) is 37.9 Å². The number of nitrogens with one attached hydrogen (secondary N) is 1. The van der Waals surface area contributed by atoms with Gasteiger partial charge in [0.2, 0.25) is 5.91 Å². The second-order valence-electron chi connectivity index (χ2n) is 8.65. The lowest BCUT2D eigenvalue weighted by Crippen LogP contribution is -2.08. The Morgan fingerprint density at radius 2 is 1.92 bits per heavy atom. The number of aromatic nitrogens is 1. The van der Waals surface area contributed by atoms with E-state index in [1.807, 2.05) is 63.2 Å². The number of furan rings is 1. The van der Waals surface area contributed by atoms with E-state index in [4.69, 9.17) is 13.9 Å². The lowest BCUT2D eigenvalue weighted by atomic mass is 9.96. The smallest absolute Gasteiger partial charge is 0.250 e. The molecule has 0 aliphatic heterocycles. The lowest BCUT2D eigenvalue weighted by Gasteiger charge is -2.13. The van der Waals surface area contributed by atoms with Crippen LogP contribution in [-0.2, 0) is 4.79 Å². The summed E-state index contributed by atoms with van der Waals surface area (Å²) in [6, 6.07) is 15.9. The lowest BCUT2D eigenvalue weighted by molar-refractivity contribution is -0.111. The molecule has 3 aromatic carbocycles. The number of methoxy groups -OCH3 is 2. The molecule has 7 heteroatoms. The minimum atomic E-state index is -0.247. The summed E-state index contributed by atoms with van der Waals surface area (Å²) in [6.07, 6.45) is 3.32. The molecular weight excluding hydrogens is 472 g/mol. The van der Waals surface area contributed by atoms with E-state index in [-0.39, 0.29) is 5.91 Å². The first-order valence-corrected chi connectivity index (χ1v) is 12.3. The second-order valence-corrected chi connectivity index (χ2v) is 9.68. The third kappa shape index (κ3) is 4.33. The Morgan fingerprint density at radius 1 is 1.08 bits per heavy atom. The van der Waals surface area contributed by atoms with Crippen LogP contribution in [0.4, 0.5) is 5.13 Å². The van der Waals surface area contributed by atoms with E-state index in [1.54, 1.807) is 26.6 Å². The van der Waals surface area contributed by atoms with Crippen molar-refractivity contribution in [1.82, 2.24) is 4.98 Å². The maximum atomic E-state index is 12.9. The molecule has 0 aliphatic carbocycles. The van der Waals surface area contributed by atoms with E-state index in [0.29, 0.717) is 10.9 Å². The van der Waals surface area contributed by atoms with Gasteiger partial charge in [-0.3, -0.25) is 10.1 Å². The topological polar surface area (TPSA) is 73.6 Å². The summed E-state index contributed by atoms with van der Waals surface area (Å²) < 4.78 is 18.1. The number of fused-ring (bicyclic) bond motifs is 2. The van der Waals surface area contributed by atoms with Gasteiger partial charge in [-0.05, 0) is 67.8 Å². The quantitative estimate of drug-likeness (QED) is 0.247. The largest absolute Gasteiger partial charge is 0.497 e. The third-order valence-corrected chi connectivity index (χ3v) is 7.11. The minimum Gasteiger partial charge on any atom is -0.497 e. The molecule has 5 rings (SSSR count). The molecule has 2 heterocycles. The van der Waals surface area contributed by atoms with Crippen LogP contribution in [0.5, 0.6) is 11.5 Å². The molecule has 2 aromatic heterocycles. The molecule has 182 valence electrons. The van der Waals surface area contributed by atoms with Crippen LogP contribution in [0.15, 0.2) is 65.3 Å². The summed E-state index contributed by atoms with van der Waals surface area (Å²) in [5.74, 6) is 1.19. The van der Waals surface area contributed by atoms with Crippen molar-refractivity contribution >= 4 is 49.1 Å². The zero-order valence-electron chi connectivity index (χ0n) is 20.8. The number of allylic oxidation sites excluding steroid dienone is 1. The highest BCUT2D eigenvalue weighted by atomic mass is 32.1. The maximum Gasteiger partial charge on any atom is 0.250 e. The van der Waals surface area contributed by atoms with Gasteiger partial charge in [0.1, 0.15) is 17.1 Å². The van der Waals surface area contributed by atoms with Crippen LogP contribution in [-0.4, -0.2) is 25.1 Å². The highest BCUT2D eigenvalue weighted by Gasteiger charge is 2.19. The van der Waals surface area contributed by atoms with E-state index < -0.39 is 0 Å². The number of hydrogen-bond acceptors (Lipinski definition) is 6. The van der Waals surface area contributed by atoms with Crippen LogP contribution in [0.3, 0.4) is 0 Å². The van der Waals surface area contributed by atoms with Crippen LogP contribution < -0.4 is 14.8 Å². The summed E-state index contributed by atoms with van der Waals surface area (Å²) in [5.41, 5.74) is 7.16. The monoisotopic (exact) mass is 498 g/mol. The molecule has 0 saturated carbocycles. The average molecular weight is 499 g/mol. The standard InChI is InChI=1S/C29H26N2O4S/c1-16-9-10-24-25(11-16)36-29(30-24)31-26(32)12-17(2)21-14-22-23(19-7-6-8-20(13-19)33-4)15-35-28(22)18(3)27(21)34-5/h6-15H,1-5H3,(H,30,31,32)/b17-12+. The summed E-state index contributed by atoms with van der Waals surface area (Å²) in [5, 5.41) is 4.41. The Hall–Kier alpha value is -4.10. The Balaban J connectivity index is 1.52. The fourth-order valence-corrected chi connectivity index (χ4v) is 5.35. The van der Waals surface area contributed by atoms with Gasteiger partial charge in [0.05, 0.1) is 30.7 Å². The van der Waals surface area contributed by atoms with Gasteiger partial charge < -0.3 is 13.9 Å². The van der Waals surface area contributed by atoms with Crippen molar-refractivity contribution in [3.05, 3.63) is 77.6 Å². The number of ether oxygens (including phenoxy) is 2. The zero-order valence-corrected chi connectivity index (χ0v) is 21.6. The summed E-state index contributed by atoms with van der Waals surface area (Å²) in [4.78, 5) is 17.4. The number of hydrogen-bond donors (Lipinski definition) is 1. The fraction of sp³-hybridized carbons (Fsp3) is 0.172. The van der Waals surface area contributed by atoms with Crippen molar-refractivity contribution in [1.29, 1.82) is 0 Å². The molecule has 0 fully saturated rings. The molecule has 1 amide bonds. The van der Waals surface area contributed by atoms with E-state index in [2.05, 4.69) is 16.4 Å². The fourth-order valence-electron chi connectivity index (χ4n) is 4.39. The van der Waals surface area contributed by atoms with Gasteiger partial charge in [-0.2, -0.15) is 0 Å². The van der Waals surface area contributed by atoms with Gasteiger partial charge in [-0.1, -0.05) is 29.5 Å². The zero-order chi connectivity index (χ0) is 25.4. The van der Waals surface area contributed by atoms with Gasteiger partial charge in [0.25, 0.3) is 0 Å². The molecule has 0 radical (unpaired) electrons. The molecule has 0 atom stereocenters. The van der Waals surface area contributed by atoms with Crippen LogP contribution in [0.2, 0.25) is 0 Å². The van der Waals surface area contributed by atoms with Crippen molar-refractivity contribution in [2.45, 2.75) is 20.8 Å². The minimum absolute atomic E-state index is 0.247. The molecule has 36 heavy (non-hydrogen) atoms. The van der Waals surface area contributed by atoms with Gasteiger partial charge in [-0.25, -0.2) is 4.98 Å².